The molecule has 0 fully saturated rings. The summed E-state index contributed by atoms with van der Waals surface area (Å²) in [7, 11) is -3.60. The smallest absolute Gasteiger partial charge is 0.303 e. The number of amides is 1. The number of nitrogens with zero attached hydrogens (tertiary/aromatic N) is 1. The van der Waals surface area contributed by atoms with Gasteiger partial charge in [-0.15, -0.1) is 0 Å². The minimum absolute atomic E-state index is 0.0630. The molecular weight excluding hydrogens is 380 g/mol. The Labute approximate surface area is 167 Å². The first-order valence-corrected chi connectivity index (χ1v) is 11.4. The van der Waals surface area contributed by atoms with Gasteiger partial charge in [-0.3, -0.25) is 9.59 Å². The lowest BCUT2D eigenvalue weighted by Gasteiger charge is -2.18. The number of aliphatic carboxylic acids is 1. The van der Waals surface area contributed by atoms with E-state index in [1.807, 2.05) is 0 Å². The molecule has 2 N–H and O–H groups in total. The Morgan fingerprint density at radius 2 is 2.00 bits per heavy atom. The lowest BCUT2D eigenvalue weighted by molar-refractivity contribution is -0.138. The van der Waals surface area contributed by atoms with Gasteiger partial charge in [-0.05, 0) is 42.5 Å². The average molecular weight is 411 g/mol. The molecule has 1 amide bonds. The van der Waals surface area contributed by atoms with Gasteiger partial charge in [0, 0.05) is 25.2 Å². The van der Waals surface area contributed by atoms with E-state index >= 15 is 0 Å². The summed E-state index contributed by atoms with van der Waals surface area (Å²) in [5.74, 6) is -0.937. The topological polar surface area (TPSA) is 104 Å². The third-order valence-electron chi connectivity index (χ3n) is 5.22. The highest BCUT2D eigenvalue weighted by molar-refractivity contribution is 7.89. The zero-order valence-corrected chi connectivity index (χ0v) is 17.4. The number of anilines is 1. The normalized spacial score (nSPS) is 14.7. The summed E-state index contributed by atoms with van der Waals surface area (Å²) in [6, 6.07) is 4.77. The minimum Gasteiger partial charge on any atom is -0.481 e. The van der Waals surface area contributed by atoms with Crippen LogP contribution in [0, 0.1) is 5.92 Å². The Morgan fingerprint density at radius 3 is 2.64 bits per heavy atom. The SMILES string of the molecule is CCCCC(CC)CNS(=O)(=O)c1ccc2c(c1)CCN2C(=O)CCC(=O)O. The van der Waals surface area contributed by atoms with Gasteiger partial charge in [0.2, 0.25) is 15.9 Å². The lowest BCUT2D eigenvalue weighted by Crippen LogP contribution is -2.30. The molecule has 2 rings (SSSR count). The molecule has 8 heteroatoms. The van der Waals surface area contributed by atoms with Crippen LogP contribution in [-0.2, 0) is 26.0 Å². The van der Waals surface area contributed by atoms with Gasteiger partial charge in [-0.1, -0.05) is 33.1 Å². The Morgan fingerprint density at radius 1 is 1.25 bits per heavy atom. The lowest BCUT2D eigenvalue weighted by atomic mass is 10.00. The molecule has 0 saturated carbocycles. The van der Waals surface area contributed by atoms with E-state index in [0.717, 1.165) is 31.2 Å². The quantitative estimate of drug-likeness (QED) is 0.584. The van der Waals surface area contributed by atoms with Gasteiger partial charge in [0.1, 0.15) is 0 Å². The summed E-state index contributed by atoms with van der Waals surface area (Å²) in [5, 5.41) is 8.74. The minimum atomic E-state index is -3.60. The van der Waals surface area contributed by atoms with Crippen LogP contribution in [-0.4, -0.2) is 38.5 Å². The molecule has 156 valence electrons. The van der Waals surface area contributed by atoms with Gasteiger partial charge in [0.15, 0.2) is 0 Å². The van der Waals surface area contributed by atoms with Crippen molar-refractivity contribution >= 4 is 27.6 Å². The molecule has 0 spiro atoms. The zero-order chi connectivity index (χ0) is 20.7. The number of carbonyl (C=O) groups is 2. The van der Waals surface area contributed by atoms with E-state index in [0.29, 0.717) is 31.1 Å². The zero-order valence-electron chi connectivity index (χ0n) is 16.6. The number of fused-ring (bicyclic) bond motifs is 1. The second-order valence-electron chi connectivity index (χ2n) is 7.25. The number of carboxylic acid groups (broad SMARTS) is 1. The summed E-state index contributed by atoms with van der Waals surface area (Å²) in [4.78, 5) is 24.6. The average Bonchev–Trinajstić information content (AvgIpc) is 3.09. The van der Waals surface area contributed by atoms with Gasteiger partial charge in [-0.2, -0.15) is 0 Å². The Balaban J connectivity index is 2.06. The highest BCUT2D eigenvalue weighted by Gasteiger charge is 2.27. The molecule has 28 heavy (non-hydrogen) atoms. The molecule has 0 aromatic heterocycles. The van der Waals surface area contributed by atoms with E-state index in [1.54, 1.807) is 17.0 Å². The third-order valence-corrected chi connectivity index (χ3v) is 6.64. The van der Waals surface area contributed by atoms with Gasteiger partial charge in [0.05, 0.1) is 11.3 Å². The fourth-order valence-corrected chi connectivity index (χ4v) is 4.57. The number of benzene rings is 1. The molecule has 1 aromatic rings. The van der Waals surface area contributed by atoms with Crippen molar-refractivity contribution in [1.29, 1.82) is 0 Å². The summed E-state index contributed by atoms with van der Waals surface area (Å²) in [6.07, 6.45) is 4.41. The van der Waals surface area contributed by atoms with E-state index in [-0.39, 0.29) is 23.6 Å². The number of hydrogen-bond donors (Lipinski definition) is 2. The van der Waals surface area contributed by atoms with Crippen molar-refractivity contribution in [3.8, 4) is 0 Å². The van der Waals surface area contributed by atoms with E-state index < -0.39 is 16.0 Å². The van der Waals surface area contributed by atoms with Crippen LogP contribution in [0.3, 0.4) is 0 Å². The maximum atomic E-state index is 12.7. The standard InChI is InChI=1S/C20H30N2O5S/c1-3-5-6-15(4-2)14-21-28(26,27)17-7-8-18-16(13-17)11-12-22(18)19(23)9-10-20(24)25/h7-8,13,15,21H,3-6,9-12,14H2,1-2H3,(H,24,25). The molecule has 1 aromatic carbocycles. The number of sulfonamides is 1. The van der Waals surface area contributed by atoms with Gasteiger partial charge >= 0.3 is 5.97 Å². The summed E-state index contributed by atoms with van der Waals surface area (Å²) >= 11 is 0. The molecule has 1 aliphatic rings. The number of carboxylic acids is 1. The maximum absolute atomic E-state index is 12.7. The largest absolute Gasteiger partial charge is 0.481 e. The molecule has 0 saturated heterocycles. The van der Waals surface area contributed by atoms with Gasteiger partial charge in [0.25, 0.3) is 0 Å². The highest BCUT2D eigenvalue weighted by atomic mass is 32.2. The first-order valence-electron chi connectivity index (χ1n) is 9.93. The van der Waals surface area contributed by atoms with E-state index in [1.165, 1.54) is 6.07 Å². The second kappa shape index (κ2) is 10.0. The van der Waals surface area contributed by atoms with Crippen LogP contribution in [0.1, 0.15) is 57.9 Å². The Hall–Kier alpha value is -1.93. The monoisotopic (exact) mass is 410 g/mol. The number of nitrogens with one attached hydrogen (secondary N) is 1. The van der Waals surface area contributed by atoms with Crippen LogP contribution in [0.5, 0.6) is 0 Å². The number of carbonyl (C=O) groups excluding carboxylic acids is 1. The molecule has 1 unspecified atom stereocenters. The predicted molar refractivity (Wildman–Crippen MR) is 108 cm³/mol. The first-order chi connectivity index (χ1) is 13.3. The number of rotatable bonds is 11. The number of hydrogen-bond acceptors (Lipinski definition) is 4. The summed E-state index contributed by atoms with van der Waals surface area (Å²) in [5.41, 5.74) is 1.47. The summed E-state index contributed by atoms with van der Waals surface area (Å²) in [6.45, 7) is 5.06. The molecule has 0 aliphatic carbocycles. The van der Waals surface area contributed by atoms with E-state index in [9.17, 15) is 18.0 Å². The molecule has 7 nitrogen and oxygen atoms in total. The molecule has 0 bridgehead atoms. The van der Waals surface area contributed by atoms with Crippen LogP contribution in [0.4, 0.5) is 5.69 Å². The molecule has 1 heterocycles. The Kier molecular flexibility index (Phi) is 8.00. The Bertz CT molecular complexity index is 807. The van der Waals surface area contributed by atoms with Crippen molar-refractivity contribution in [2.24, 2.45) is 5.92 Å². The van der Waals surface area contributed by atoms with Crippen molar-refractivity contribution in [3.63, 3.8) is 0 Å². The second-order valence-corrected chi connectivity index (χ2v) is 9.01. The van der Waals surface area contributed by atoms with Gasteiger partial charge in [-0.25, -0.2) is 13.1 Å². The highest BCUT2D eigenvalue weighted by Crippen LogP contribution is 2.31. The van der Waals surface area contributed by atoms with Crippen molar-refractivity contribution in [2.45, 2.75) is 63.7 Å². The van der Waals surface area contributed by atoms with Crippen LogP contribution in [0.2, 0.25) is 0 Å². The van der Waals surface area contributed by atoms with Crippen molar-refractivity contribution < 1.29 is 23.1 Å². The van der Waals surface area contributed by atoms with Crippen molar-refractivity contribution in [2.75, 3.05) is 18.0 Å². The first kappa shape index (κ1) is 22.4. The van der Waals surface area contributed by atoms with Crippen LogP contribution < -0.4 is 9.62 Å². The predicted octanol–water partition coefficient (Wildman–Crippen LogP) is 2.94. The van der Waals surface area contributed by atoms with Crippen molar-refractivity contribution in [1.82, 2.24) is 4.72 Å². The fourth-order valence-electron chi connectivity index (χ4n) is 3.41. The van der Waals surface area contributed by atoms with Crippen LogP contribution in [0.25, 0.3) is 0 Å². The van der Waals surface area contributed by atoms with Crippen molar-refractivity contribution in [3.05, 3.63) is 23.8 Å². The van der Waals surface area contributed by atoms with E-state index in [4.69, 9.17) is 5.11 Å². The number of unbranched alkanes of at least 4 members (excludes halogenated alkanes) is 1. The van der Waals surface area contributed by atoms with E-state index in [2.05, 4.69) is 18.6 Å². The molecule has 0 radical (unpaired) electrons. The van der Waals surface area contributed by atoms with Gasteiger partial charge < -0.3 is 10.0 Å². The maximum Gasteiger partial charge on any atom is 0.303 e. The van der Waals surface area contributed by atoms with Crippen LogP contribution >= 0.6 is 0 Å². The van der Waals surface area contributed by atoms with Crippen LogP contribution in [0.15, 0.2) is 23.1 Å². The fraction of sp³-hybridized carbons (Fsp3) is 0.600. The molecule has 1 atom stereocenters. The molecular formula is C20H30N2O5S. The third kappa shape index (κ3) is 5.78. The molecule has 1 aliphatic heterocycles. The summed E-state index contributed by atoms with van der Waals surface area (Å²) < 4.78 is 28.0.